The number of esters is 1. The van der Waals surface area contributed by atoms with Gasteiger partial charge in [0.15, 0.2) is 6.10 Å². The Kier molecular flexibility index (Phi) is 30.8. The van der Waals surface area contributed by atoms with Crippen LogP contribution in [0.15, 0.2) is 0 Å². The first-order valence-corrected chi connectivity index (χ1v) is 15.8. The molecule has 11 heteroatoms. The normalized spacial score (nSPS) is 12.1. The number of hydrogen-bond donors (Lipinski definition) is 3. The molecule has 0 amide bonds. The number of rotatable bonds is 24. The van der Waals surface area contributed by atoms with Gasteiger partial charge >= 0.3 is 17.9 Å². The van der Waals surface area contributed by atoms with Crippen molar-refractivity contribution >= 4 is 29.7 Å². The largest absolute Gasteiger partial charge is 0.550 e. The molecular weight excluding hydrogens is 558 g/mol. The van der Waals surface area contributed by atoms with E-state index >= 15 is 0 Å². The van der Waals surface area contributed by atoms with Crippen molar-refractivity contribution in [3.63, 3.8) is 0 Å². The van der Waals surface area contributed by atoms with E-state index in [1.165, 1.54) is 71.1 Å². The van der Waals surface area contributed by atoms with Crippen molar-refractivity contribution in [2.24, 2.45) is 5.92 Å². The fraction of sp³-hybridized carbons (Fsp3) is 0.844. The van der Waals surface area contributed by atoms with Crippen molar-refractivity contribution < 1.29 is 53.6 Å². The lowest BCUT2D eigenvalue weighted by molar-refractivity contribution is -0.873. The van der Waals surface area contributed by atoms with Crippen LogP contribution in [0.3, 0.4) is 0 Å². The molecule has 0 aromatic heterocycles. The summed E-state index contributed by atoms with van der Waals surface area (Å²) in [6.45, 7) is 5.44. The molecule has 11 nitrogen and oxygen atoms in total. The molecule has 2 atom stereocenters. The second kappa shape index (κ2) is 29.5. The summed E-state index contributed by atoms with van der Waals surface area (Å²) < 4.78 is 5.91. The molecule has 0 aromatic rings. The maximum Gasteiger partial charge on any atom is 0.310 e. The highest BCUT2D eigenvalue weighted by atomic mass is 16.5. The van der Waals surface area contributed by atoms with E-state index in [-0.39, 0.29) is 31.2 Å². The third-order valence-corrected chi connectivity index (χ3v) is 6.39. The number of Topliss-reactive ketones (excluding diaryl/α,β-unsaturated/α-hetero) is 1. The van der Waals surface area contributed by atoms with Crippen LogP contribution < -0.4 is 5.11 Å². The number of carboxylic acid groups (broad SMARTS) is 3. The van der Waals surface area contributed by atoms with E-state index in [0.717, 1.165) is 19.3 Å². The number of quaternary nitrogens is 1. The van der Waals surface area contributed by atoms with Crippen LogP contribution in [0, 0.1) is 5.92 Å². The molecule has 0 aliphatic heterocycles. The summed E-state index contributed by atoms with van der Waals surface area (Å²) in [5.41, 5.74) is 0. The van der Waals surface area contributed by atoms with Crippen LogP contribution in [-0.2, 0) is 28.7 Å². The number of carbonyl (C=O) groups is 5. The average Bonchev–Trinajstić information content (AvgIpc) is 2.86. The predicted octanol–water partition coefficient (Wildman–Crippen LogP) is 4.37. The van der Waals surface area contributed by atoms with E-state index in [1.807, 2.05) is 21.1 Å². The Labute approximate surface area is 259 Å². The molecule has 0 radical (unpaired) electrons. The molecule has 0 saturated carbocycles. The third kappa shape index (κ3) is 39.5. The lowest BCUT2D eigenvalue weighted by atomic mass is 10.0. The van der Waals surface area contributed by atoms with E-state index in [4.69, 9.17) is 20.1 Å². The zero-order chi connectivity index (χ0) is 33.7. The number of aliphatic hydroxyl groups is 1. The molecule has 0 fully saturated rings. The monoisotopic (exact) mass is 619 g/mol. The number of carboxylic acids is 3. The SMILES string of the molecule is CC(=O)CC(=O)O.CCC(CO)C(=O)O.CCCCCCCCCCCCCCCC(=O)OC(CC(=O)[O-])C[N+](C)(C)C. The Morgan fingerprint density at radius 2 is 1.21 bits per heavy atom. The van der Waals surface area contributed by atoms with Crippen LogP contribution in [0.25, 0.3) is 0 Å². The number of carbonyl (C=O) groups excluding carboxylic acids is 3. The molecule has 0 aliphatic carbocycles. The molecule has 0 heterocycles. The Morgan fingerprint density at radius 3 is 1.47 bits per heavy atom. The van der Waals surface area contributed by atoms with Gasteiger partial charge in [0.2, 0.25) is 0 Å². The third-order valence-electron chi connectivity index (χ3n) is 6.39. The van der Waals surface area contributed by atoms with Crippen LogP contribution in [0.1, 0.15) is 130 Å². The van der Waals surface area contributed by atoms with Gasteiger partial charge in [-0.15, -0.1) is 0 Å². The van der Waals surface area contributed by atoms with Crippen LogP contribution in [0.5, 0.6) is 0 Å². The summed E-state index contributed by atoms with van der Waals surface area (Å²) in [5.74, 6) is -4.33. The van der Waals surface area contributed by atoms with Crippen LogP contribution in [-0.4, -0.2) is 89.9 Å². The smallest absolute Gasteiger partial charge is 0.310 e. The Balaban J connectivity index is -0.000000867. The number of hydrogen-bond acceptors (Lipinski definition) is 8. The molecule has 0 bridgehead atoms. The predicted molar refractivity (Wildman–Crippen MR) is 164 cm³/mol. The Morgan fingerprint density at radius 1 is 0.767 bits per heavy atom. The number of nitrogens with zero attached hydrogens (tertiary/aromatic N) is 1. The Bertz CT molecular complexity index is 733. The molecule has 0 rings (SSSR count). The van der Waals surface area contributed by atoms with Crippen molar-refractivity contribution in [2.45, 2.75) is 136 Å². The Hall–Kier alpha value is -2.53. The highest BCUT2D eigenvalue weighted by Gasteiger charge is 2.22. The summed E-state index contributed by atoms with van der Waals surface area (Å²) in [6, 6.07) is 0. The van der Waals surface area contributed by atoms with Gasteiger partial charge in [0, 0.05) is 18.8 Å². The van der Waals surface area contributed by atoms with Crippen LogP contribution in [0.4, 0.5) is 0 Å². The van der Waals surface area contributed by atoms with Gasteiger partial charge in [-0.25, -0.2) is 0 Å². The number of ketones is 1. The summed E-state index contributed by atoms with van der Waals surface area (Å²) in [5, 5.41) is 35.2. The number of likely N-dealkylation sites (N-methyl/N-ethyl adjacent to an activating group) is 1. The minimum absolute atomic E-state index is 0.236. The zero-order valence-corrected chi connectivity index (χ0v) is 27.7. The fourth-order valence-corrected chi connectivity index (χ4v) is 4.07. The summed E-state index contributed by atoms with van der Waals surface area (Å²) in [7, 11) is 5.84. The maximum atomic E-state index is 12.0. The van der Waals surface area contributed by atoms with Gasteiger partial charge < -0.3 is 34.4 Å². The van der Waals surface area contributed by atoms with E-state index in [0.29, 0.717) is 23.9 Å². The molecule has 3 N–H and O–H groups in total. The molecule has 0 saturated heterocycles. The van der Waals surface area contributed by atoms with Gasteiger partial charge in [0.05, 0.1) is 33.7 Å². The van der Waals surface area contributed by atoms with Gasteiger partial charge in [-0.1, -0.05) is 90.9 Å². The van der Waals surface area contributed by atoms with E-state index in [1.54, 1.807) is 6.92 Å². The van der Waals surface area contributed by atoms with E-state index < -0.39 is 29.9 Å². The number of aliphatic carboxylic acids is 3. The summed E-state index contributed by atoms with van der Waals surface area (Å²) >= 11 is 0. The molecule has 2 unspecified atom stereocenters. The van der Waals surface area contributed by atoms with Gasteiger partial charge in [-0.2, -0.15) is 0 Å². The lowest BCUT2D eigenvalue weighted by Crippen LogP contribution is -2.45. The second-order valence-corrected chi connectivity index (χ2v) is 12.1. The first kappa shape index (κ1) is 44.9. The topological polar surface area (TPSA) is 178 Å². The first-order chi connectivity index (χ1) is 20.1. The number of unbranched alkanes of at least 4 members (excludes halogenated alkanes) is 12. The highest BCUT2D eigenvalue weighted by Crippen LogP contribution is 2.14. The molecule has 254 valence electrons. The minimum atomic E-state index is -1.17. The maximum absolute atomic E-state index is 12.0. The molecule has 43 heavy (non-hydrogen) atoms. The van der Waals surface area contributed by atoms with Gasteiger partial charge in [0.1, 0.15) is 18.7 Å². The molecule has 0 aromatic carbocycles. The number of ether oxygens (including phenoxy) is 1. The minimum Gasteiger partial charge on any atom is -0.550 e. The first-order valence-electron chi connectivity index (χ1n) is 15.8. The summed E-state index contributed by atoms with van der Waals surface area (Å²) in [4.78, 5) is 52.3. The zero-order valence-electron chi connectivity index (χ0n) is 27.7. The molecule has 0 spiro atoms. The van der Waals surface area contributed by atoms with Gasteiger partial charge in [0.25, 0.3) is 0 Å². The average molecular weight is 620 g/mol. The summed E-state index contributed by atoms with van der Waals surface area (Å²) in [6.07, 6.45) is 16.1. The van der Waals surface area contributed by atoms with E-state index in [2.05, 4.69) is 6.92 Å². The quantitative estimate of drug-likeness (QED) is 0.0608. The van der Waals surface area contributed by atoms with Crippen LogP contribution >= 0.6 is 0 Å². The second-order valence-electron chi connectivity index (χ2n) is 12.1. The van der Waals surface area contributed by atoms with Crippen molar-refractivity contribution in [2.75, 3.05) is 34.3 Å². The van der Waals surface area contributed by atoms with Gasteiger partial charge in [-0.3, -0.25) is 19.2 Å². The molecular formula is C32H61NO10. The van der Waals surface area contributed by atoms with E-state index in [9.17, 15) is 29.1 Å². The van der Waals surface area contributed by atoms with Crippen LogP contribution in [0.2, 0.25) is 0 Å². The standard InChI is InChI=1S/C23H45NO4.C5H10O3.C4H6O3/c1-5-6-7-8-9-10-11-12-13-14-15-16-17-18-23(27)28-21(19-22(25)26)20-24(2,3)4;1-2-4(3-6)5(7)8;1-3(5)2-4(6)7/h21H,5-20H2,1-4H3;4,6H,2-3H2,1H3,(H,7,8);2H2,1H3,(H,6,7). The highest BCUT2D eigenvalue weighted by molar-refractivity contribution is 5.93. The van der Waals surface area contributed by atoms with Crippen molar-refractivity contribution in [1.29, 1.82) is 0 Å². The fourth-order valence-electron chi connectivity index (χ4n) is 4.07. The van der Waals surface area contributed by atoms with Crippen molar-refractivity contribution in [3.8, 4) is 0 Å². The van der Waals surface area contributed by atoms with Gasteiger partial charge in [-0.05, 0) is 19.8 Å². The lowest BCUT2D eigenvalue weighted by Gasteiger charge is -2.29. The molecule has 0 aliphatic rings. The number of aliphatic hydroxyl groups excluding tert-OH is 1. The van der Waals surface area contributed by atoms with Crippen molar-refractivity contribution in [1.82, 2.24) is 0 Å². The van der Waals surface area contributed by atoms with Crippen molar-refractivity contribution in [3.05, 3.63) is 0 Å².